The summed E-state index contributed by atoms with van der Waals surface area (Å²) in [7, 11) is 3.16. The average Bonchev–Trinajstić information content (AvgIpc) is 3.16. The molecule has 4 nitrogen and oxygen atoms in total. The van der Waals surface area contributed by atoms with E-state index in [1.54, 1.807) is 32.4 Å². The van der Waals surface area contributed by atoms with E-state index in [9.17, 15) is 4.79 Å². The summed E-state index contributed by atoms with van der Waals surface area (Å²) in [6.07, 6.45) is 4.61. The second-order valence-electron chi connectivity index (χ2n) is 6.60. The van der Waals surface area contributed by atoms with E-state index in [4.69, 9.17) is 9.47 Å². The van der Waals surface area contributed by atoms with Crippen LogP contribution >= 0.6 is 0 Å². The number of rotatable bonds is 6. The van der Waals surface area contributed by atoms with E-state index in [2.05, 4.69) is 29.6 Å². The van der Waals surface area contributed by atoms with Crippen LogP contribution in [0.5, 0.6) is 11.5 Å². The fraction of sp³-hybridized carbons (Fsp3) is 0.381. The van der Waals surface area contributed by atoms with E-state index >= 15 is 0 Å². The van der Waals surface area contributed by atoms with Crippen LogP contribution in [0.25, 0.3) is 0 Å². The molecule has 1 N–H and O–H groups in total. The first-order valence-electron chi connectivity index (χ1n) is 8.74. The van der Waals surface area contributed by atoms with Crippen molar-refractivity contribution >= 4 is 5.91 Å². The molecule has 1 saturated carbocycles. The van der Waals surface area contributed by atoms with Crippen molar-refractivity contribution in [1.82, 2.24) is 5.32 Å². The highest BCUT2D eigenvalue weighted by Crippen LogP contribution is 2.40. The predicted octanol–water partition coefficient (Wildman–Crippen LogP) is 3.95. The molecule has 0 saturated heterocycles. The Morgan fingerprint density at radius 2 is 1.76 bits per heavy atom. The summed E-state index contributed by atoms with van der Waals surface area (Å²) >= 11 is 0. The highest BCUT2D eigenvalue weighted by Gasteiger charge is 2.36. The molecule has 0 atom stereocenters. The smallest absolute Gasteiger partial charge is 0.255 e. The quantitative estimate of drug-likeness (QED) is 0.867. The van der Waals surface area contributed by atoms with Crippen LogP contribution in [-0.2, 0) is 5.41 Å². The number of benzene rings is 2. The molecule has 0 bridgehead atoms. The zero-order valence-corrected chi connectivity index (χ0v) is 14.9. The molecule has 0 radical (unpaired) electrons. The maximum absolute atomic E-state index is 12.8. The summed E-state index contributed by atoms with van der Waals surface area (Å²) < 4.78 is 10.6. The first-order valence-corrected chi connectivity index (χ1v) is 8.74. The second kappa shape index (κ2) is 7.60. The van der Waals surface area contributed by atoms with Crippen LogP contribution in [0.3, 0.4) is 0 Å². The Morgan fingerprint density at radius 3 is 2.40 bits per heavy atom. The van der Waals surface area contributed by atoms with Crippen LogP contribution in [0, 0.1) is 0 Å². The van der Waals surface area contributed by atoms with E-state index in [0.29, 0.717) is 23.6 Å². The van der Waals surface area contributed by atoms with Gasteiger partial charge in [0.15, 0.2) is 0 Å². The summed E-state index contributed by atoms with van der Waals surface area (Å²) in [5, 5.41) is 3.13. The van der Waals surface area contributed by atoms with Gasteiger partial charge in [0.1, 0.15) is 11.5 Å². The highest BCUT2D eigenvalue weighted by molar-refractivity contribution is 5.97. The van der Waals surface area contributed by atoms with Crippen LogP contribution in [0.2, 0.25) is 0 Å². The molecule has 1 aliphatic carbocycles. The van der Waals surface area contributed by atoms with Crippen LogP contribution in [-0.4, -0.2) is 26.7 Å². The monoisotopic (exact) mass is 339 g/mol. The van der Waals surface area contributed by atoms with Gasteiger partial charge in [-0.1, -0.05) is 43.2 Å². The normalized spacial score (nSPS) is 15.6. The van der Waals surface area contributed by atoms with Crippen LogP contribution in [0.1, 0.15) is 41.6 Å². The SMILES string of the molecule is COc1ccc(OC)c(C(=O)NCC2(c3ccccc3)CCCC2)c1. The van der Waals surface area contributed by atoms with Crippen molar-refractivity contribution < 1.29 is 14.3 Å². The Hall–Kier alpha value is -2.49. The Bertz CT molecular complexity index is 721. The highest BCUT2D eigenvalue weighted by atomic mass is 16.5. The molecule has 1 fully saturated rings. The van der Waals surface area contributed by atoms with Crippen LogP contribution in [0.4, 0.5) is 0 Å². The molecular weight excluding hydrogens is 314 g/mol. The summed E-state index contributed by atoms with van der Waals surface area (Å²) in [6.45, 7) is 0.635. The number of amides is 1. The topological polar surface area (TPSA) is 47.6 Å². The molecule has 2 aromatic carbocycles. The zero-order valence-electron chi connectivity index (χ0n) is 14.9. The van der Waals surface area contributed by atoms with E-state index < -0.39 is 0 Å². The Kier molecular flexibility index (Phi) is 5.27. The minimum Gasteiger partial charge on any atom is -0.497 e. The van der Waals surface area contributed by atoms with Gasteiger partial charge >= 0.3 is 0 Å². The number of hydrogen-bond donors (Lipinski definition) is 1. The van der Waals surface area contributed by atoms with E-state index in [1.165, 1.54) is 18.4 Å². The number of ether oxygens (including phenoxy) is 2. The minimum absolute atomic E-state index is 0.0308. The largest absolute Gasteiger partial charge is 0.497 e. The van der Waals surface area contributed by atoms with Gasteiger partial charge in [-0.05, 0) is 36.6 Å². The summed E-state index contributed by atoms with van der Waals surface area (Å²) in [5.74, 6) is 1.07. The van der Waals surface area contributed by atoms with Gasteiger partial charge in [-0.15, -0.1) is 0 Å². The Morgan fingerprint density at radius 1 is 1.04 bits per heavy atom. The molecule has 132 valence electrons. The van der Waals surface area contributed by atoms with Gasteiger partial charge in [0.05, 0.1) is 19.8 Å². The van der Waals surface area contributed by atoms with Crippen LogP contribution in [0.15, 0.2) is 48.5 Å². The van der Waals surface area contributed by atoms with Crippen molar-refractivity contribution in [2.45, 2.75) is 31.1 Å². The fourth-order valence-corrected chi connectivity index (χ4v) is 3.75. The van der Waals surface area contributed by atoms with Crippen molar-refractivity contribution in [1.29, 1.82) is 0 Å². The number of carbonyl (C=O) groups is 1. The molecule has 0 spiro atoms. The fourth-order valence-electron chi connectivity index (χ4n) is 3.75. The van der Waals surface area contributed by atoms with Gasteiger partial charge in [0.25, 0.3) is 5.91 Å². The molecule has 2 aromatic rings. The summed E-state index contributed by atoms with van der Waals surface area (Å²) in [4.78, 5) is 12.8. The molecule has 0 aromatic heterocycles. The standard InChI is InChI=1S/C21H25NO3/c1-24-17-10-11-19(25-2)18(14-17)20(23)22-15-21(12-6-7-13-21)16-8-4-3-5-9-16/h3-5,8-11,14H,6-7,12-13,15H2,1-2H3,(H,22,23). The lowest BCUT2D eigenvalue weighted by Crippen LogP contribution is -2.39. The minimum atomic E-state index is -0.127. The van der Waals surface area contributed by atoms with Crippen molar-refractivity contribution in [2.75, 3.05) is 20.8 Å². The number of carbonyl (C=O) groups excluding carboxylic acids is 1. The third-order valence-corrected chi connectivity index (χ3v) is 5.19. The molecule has 0 aliphatic heterocycles. The lowest BCUT2D eigenvalue weighted by molar-refractivity contribution is 0.0939. The molecule has 1 aliphatic rings. The third-order valence-electron chi connectivity index (χ3n) is 5.19. The predicted molar refractivity (Wildman–Crippen MR) is 98.5 cm³/mol. The molecule has 1 amide bonds. The Labute approximate surface area is 149 Å². The van der Waals surface area contributed by atoms with Gasteiger partial charge in [0.2, 0.25) is 0 Å². The van der Waals surface area contributed by atoms with Crippen molar-refractivity contribution in [2.24, 2.45) is 0 Å². The van der Waals surface area contributed by atoms with Crippen LogP contribution < -0.4 is 14.8 Å². The Balaban J connectivity index is 1.79. The molecular formula is C21H25NO3. The lowest BCUT2D eigenvalue weighted by Gasteiger charge is -2.30. The molecule has 25 heavy (non-hydrogen) atoms. The van der Waals surface area contributed by atoms with E-state index in [0.717, 1.165) is 12.8 Å². The molecule has 0 heterocycles. The first kappa shape index (κ1) is 17.3. The summed E-state index contributed by atoms with van der Waals surface area (Å²) in [5.41, 5.74) is 1.84. The number of nitrogens with one attached hydrogen (secondary N) is 1. The summed E-state index contributed by atoms with van der Waals surface area (Å²) in [6, 6.07) is 15.8. The van der Waals surface area contributed by atoms with E-state index in [-0.39, 0.29) is 11.3 Å². The lowest BCUT2D eigenvalue weighted by atomic mass is 9.79. The molecule has 3 rings (SSSR count). The van der Waals surface area contributed by atoms with E-state index in [1.807, 2.05) is 6.07 Å². The van der Waals surface area contributed by atoms with Crippen molar-refractivity contribution in [3.8, 4) is 11.5 Å². The number of methoxy groups -OCH3 is 2. The zero-order chi connectivity index (χ0) is 17.7. The first-order chi connectivity index (χ1) is 12.2. The van der Waals surface area contributed by atoms with Crippen molar-refractivity contribution in [3.63, 3.8) is 0 Å². The average molecular weight is 339 g/mol. The maximum atomic E-state index is 12.8. The van der Waals surface area contributed by atoms with Gasteiger partial charge in [-0.3, -0.25) is 4.79 Å². The molecule has 0 unspecified atom stereocenters. The maximum Gasteiger partial charge on any atom is 0.255 e. The third kappa shape index (κ3) is 3.63. The van der Waals surface area contributed by atoms with Gasteiger partial charge in [0, 0.05) is 12.0 Å². The molecule has 4 heteroatoms. The van der Waals surface area contributed by atoms with Gasteiger partial charge < -0.3 is 14.8 Å². The van der Waals surface area contributed by atoms with Gasteiger partial charge in [-0.25, -0.2) is 0 Å². The second-order valence-corrected chi connectivity index (χ2v) is 6.60. The van der Waals surface area contributed by atoms with Crippen molar-refractivity contribution in [3.05, 3.63) is 59.7 Å². The van der Waals surface area contributed by atoms with Gasteiger partial charge in [-0.2, -0.15) is 0 Å². The number of hydrogen-bond acceptors (Lipinski definition) is 3.